The van der Waals surface area contributed by atoms with Crippen LogP contribution < -0.4 is 0 Å². The molecule has 1 aliphatic rings. The average Bonchev–Trinajstić information content (AvgIpc) is 2.26. The molecule has 0 aliphatic carbocycles. The maximum Gasteiger partial charge on any atom is 0.320 e. The smallest absolute Gasteiger partial charge is 0.320 e. The number of carbonyl (C=O) groups is 2. The summed E-state index contributed by atoms with van der Waals surface area (Å²) in [5.41, 5.74) is 0. The number of carboxylic acid groups (broad SMARTS) is 1. The number of rotatable bonds is 4. The van der Waals surface area contributed by atoms with E-state index in [1.165, 1.54) is 4.90 Å². The van der Waals surface area contributed by atoms with E-state index in [0.29, 0.717) is 13.1 Å². The molecule has 0 unspecified atom stereocenters. The Kier molecular flexibility index (Phi) is 5.10. The predicted molar refractivity (Wildman–Crippen MR) is 66.3 cm³/mol. The number of hydrogen-bond acceptors (Lipinski definition) is 4. The molecule has 3 atom stereocenters. The molecule has 0 aromatic rings. The minimum Gasteiger partial charge on any atom is -0.480 e. The SMILES string of the molecule is C[C@@H]1CN(C(=O)CN(C)[C@@H](C)C(=O)O)C[C@H](C)O1. The lowest BCUT2D eigenvalue weighted by Gasteiger charge is -2.36. The van der Waals surface area contributed by atoms with Crippen molar-refractivity contribution in [3.63, 3.8) is 0 Å². The van der Waals surface area contributed by atoms with Crippen LogP contribution in [-0.4, -0.2) is 71.7 Å². The average molecular weight is 258 g/mol. The molecule has 1 aliphatic heterocycles. The number of ether oxygens (including phenoxy) is 1. The highest BCUT2D eigenvalue weighted by Gasteiger charge is 2.27. The zero-order valence-electron chi connectivity index (χ0n) is 11.4. The summed E-state index contributed by atoms with van der Waals surface area (Å²) in [5.74, 6) is -0.971. The summed E-state index contributed by atoms with van der Waals surface area (Å²) in [4.78, 5) is 26.2. The molecule has 1 amide bonds. The monoisotopic (exact) mass is 258 g/mol. The molecule has 0 bridgehead atoms. The molecule has 104 valence electrons. The van der Waals surface area contributed by atoms with Gasteiger partial charge in [-0.25, -0.2) is 0 Å². The fourth-order valence-electron chi connectivity index (χ4n) is 2.02. The van der Waals surface area contributed by atoms with E-state index in [4.69, 9.17) is 9.84 Å². The van der Waals surface area contributed by atoms with E-state index in [0.717, 1.165) is 0 Å². The van der Waals surface area contributed by atoms with E-state index in [-0.39, 0.29) is 24.7 Å². The number of nitrogens with zero attached hydrogens (tertiary/aromatic N) is 2. The Hall–Kier alpha value is -1.14. The fourth-order valence-corrected chi connectivity index (χ4v) is 2.02. The van der Waals surface area contributed by atoms with Crippen molar-refractivity contribution in [2.75, 3.05) is 26.7 Å². The van der Waals surface area contributed by atoms with Crippen LogP contribution in [0.1, 0.15) is 20.8 Å². The van der Waals surface area contributed by atoms with Crippen molar-refractivity contribution in [1.82, 2.24) is 9.80 Å². The maximum absolute atomic E-state index is 12.1. The molecular formula is C12H22N2O4. The first-order valence-corrected chi connectivity index (χ1v) is 6.17. The summed E-state index contributed by atoms with van der Waals surface area (Å²) >= 11 is 0. The third-order valence-electron chi connectivity index (χ3n) is 3.18. The van der Waals surface area contributed by atoms with Crippen molar-refractivity contribution < 1.29 is 19.4 Å². The summed E-state index contributed by atoms with van der Waals surface area (Å²) in [5, 5.41) is 8.87. The van der Waals surface area contributed by atoms with Crippen molar-refractivity contribution >= 4 is 11.9 Å². The first-order chi connectivity index (χ1) is 8.31. The van der Waals surface area contributed by atoms with Gasteiger partial charge in [-0.1, -0.05) is 0 Å². The normalized spacial score (nSPS) is 26.2. The third kappa shape index (κ3) is 3.96. The highest BCUT2D eigenvalue weighted by molar-refractivity contribution is 5.80. The van der Waals surface area contributed by atoms with Crippen LogP contribution in [-0.2, 0) is 14.3 Å². The van der Waals surface area contributed by atoms with Crippen molar-refractivity contribution in [2.24, 2.45) is 0 Å². The highest BCUT2D eigenvalue weighted by Crippen LogP contribution is 2.11. The Balaban J connectivity index is 2.52. The van der Waals surface area contributed by atoms with Crippen molar-refractivity contribution in [3.05, 3.63) is 0 Å². The van der Waals surface area contributed by atoms with Gasteiger partial charge in [0.15, 0.2) is 0 Å². The van der Waals surface area contributed by atoms with E-state index >= 15 is 0 Å². The van der Waals surface area contributed by atoms with E-state index in [1.54, 1.807) is 18.9 Å². The lowest BCUT2D eigenvalue weighted by atomic mass is 10.2. The van der Waals surface area contributed by atoms with Gasteiger partial charge in [0.1, 0.15) is 6.04 Å². The Morgan fingerprint density at radius 1 is 1.39 bits per heavy atom. The van der Waals surface area contributed by atoms with Crippen molar-refractivity contribution in [3.8, 4) is 0 Å². The van der Waals surface area contributed by atoms with Gasteiger partial charge in [0.05, 0.1) is 18.8 Å². The second-order valence-electron chi connectivity index (χ2n) is 4.99. The van der Waals surface area contributed by atoms with Gasteiger partial charge in [-0.15, -0.1) is 0 Å². The van der Waals surface area contributed by atoms with Crippen LogP contribution in [0.5, 0.6) is 0 Å². The number of amides is 1. The van der Waals surface area contributed by atoms with Gasteiger partial charge in [0, 0.05) is 13.1 Å². The second kappa shape index (κ2) is 6.15. The zero-order chi connectivity index (χ0) is 13.9. The molecule has 0 aromatic carbocycles. The standard InChI is InChI=1S/C12H22N2O4/c1-8-5-14(6-9(2)18-8)11(15)7-13(4)10(3)12(16)17/h8-10H,5-7H2,1-4H3,(H,16,17)/t8-,9+,10-/m0/s1. The number of carbonyl (C=O) groups excluding carboxylic acids is 1. The van der Waals surface area contributed by atoms with Gasteiger partial charge in [0.25, 0.3) is 0 Å². The molecule has 0 radical (unpaired) electrons. The van der Waals surface area contributed by atoms with Crippen LogP contribution in [0.25, 0.3) is 0 Å². The lowest BCUT2D eigenvalue weighted by Crippen LogP contribution is -2.52. The van der Waals surface area contributed by atoms with Crippen molar-refractivity contribution in [1.29, 1.82) is 0 Å². The van der Waals surface area contributed by atoms with Crippen LogP contribution in [0.2, 0.25) is 0 Å². The molecule has 18 heavy (non-hydrogen) atoms. The first kappa shape index (κ1) is 14.9. The quantitative estimate of drug-likeness (QED) is 0.770. The molecule has 6 nitrogen and oxygen atoms in total. The predicted octanol–water partition coefficient (Wildman–Crippen LogP) is 0.0271. The van der Waals surface area contributed by atoms with Gasteiger partial charge >= 0.3 is 5.97 Å². The Bertz CT molecular complexity index is 311. The molecule has 1 saturated heterocycles. The number of carboxylic acids is 1. The molecule has 6 heteroatoms. The van der Waals surface area contributed by atoms with Gasteiger partial charge in [-0.05, 0) is 27.8 Å². The van der Waals surface area contributed by atoms with Crippen LogP contribution >= 0.6 is 0 Å². The molecule has 0 aromatic heterocycles. The molecule has 0 saturated carbocycles. The molecule has 1 rings (SSSR count). The van der Waals surface area contributed by atoms with E-state index < -0.39 is 12.0 Å². The van der Waals surface area contributed by atoms with E-state index in [2.05, 4.69) is 0 Å². The van der Waals surface area contributed by atoms with Crippen LogP contribution in [0.3, 0.4) is 0 Å². The van der Waals surface area contributed by atoms with Gasteiger partial charge in [-0.3, -0.25) is 14.5 Å². The topological polar surface area (TPSA) is 70.1 Å². The molecular weight excluding hydrogens is 236 g/mol. The van der Waals surface area contributed by atoms with E-state index in [1.807, 2.05) is 13.8 Å². The van der Waals surface area contributed by atoms with Gasteiger partial charge < -0.3 is 14.7 Å². The summed E-state index contributed by atoms with van der Waals surface area (Å²) < 4.78 is 5.56. The minimum atomic E-state index is -0.922. The fraction of sp³-hybridized carbons (Fsp3) is 0.833. The summed E-state index contributed by atoms with van der Waals surface area (Å²) in [7, 11) is 1.64. The Morgan fingerprint density at radius 2 is 1.89 bits per heavy atom. The largest absolute Gasteiger partial charge is 0.480 e. The zero-order valence-corrected chi connectivity index (χ0v) is 11.4. The minimum absolute atomic E-state index is 0.0277. The number of aliphatic carboxylic acids is 1. The van der Waals surface area contributed by atoms with Crippen LogP contribution in [0.4, 0.5) is 0 Å². The molecule has 1 fully saturated rings. The maximum atomic E-state index is 12.1. The first-order valence-electron chi connectivity index (χ1n) is 6.17. The van der Waals surface area contributed by atoms with Crippen molar-refractivity contribution in [2.45, 2.75) is 39.0 Å². The molecule has 0 spiro atoms. The Labute approximate surface area is 107 Å². The summed E-state index contributed by atoms with van der Waals surface area (Å²) in [6, 6.07) is -0.662. The Morgan fingerprint density at radius 3 is 2.33 bits per heavy atom. The lowest BCUT2D eigenvalue weighted by molar-refractivity contribution is -0.147. The highest BCUT2D eigenvalue weighted by atomic mass is 16.5. The third-order valence-corrected chi connectivity index (χ3v) is 3.18. The van der Waals surface area contributed by atoms with Crippen LogP contribution in [0.15, 0.2) is 0 Å². The number of hydrogen-bond donors (Lipinski definition) is 1. The van der Waals surface area contributed by atoms with E-state index in [9.17, 15) is 9.59 Å². The van der Waals surface area contributed by atoms with Gasteiger partial charge in [-0.2, -0.15) is 0 Å². The summed E-state index contributed by atoms with van der Waals surface area (Å²) in [6.45, 7) is 6.68. The van der Waals surface area contributed by atoms with Gasteiger partial charge in [0.2, 0.25) is 5.91 Å². The number of likely N-dealkylation sites (N-methyl/N-ethyl adjacent to an activating group) is 1. The van der Waals surface area contributed by atoms with Crippen LogP contribution in [0, 0.1) is 0 Å². The molecule has 1 N–H and O–H groups in total. The number of morpholine rings is 1. The molecule has 1 heterocycles. The second-order valence-corrected chi connectivity index (χ2v) is 4.99. The summed E-state index contributed by atoms with van der Waals surface area (Å²) in [6.07, 6.45) is 0.0554.